The summed E-state index contributed by atoms with van der Waals surface area (Å²) in [4.78, 5) is 0. The Kier molecular flexibility index (Phi) is 9.82. The lowest BCUT2D eigenvalue weighted by atomic mass is 9.84. The molecule has 0 aromatic heterocycles. The maximum Gasteiger partial charge on any atom is 0.158 e. The van der Waals surface area contributed by atoms with E-state index in [9.17, 15) is 5.11 Å². The van der Waals surface area contributed by atoms with Gasteiger partial charge in [-0.1, -0.05) is 70.9 Å². The lowest BCUT2D eigenvalue weighted by Crippen LogP contribution is -2.28. The van der Waals surface area contributed by atoms with E-state index in [-0.39, 0.29) is 20.6 Å². The fourth-order valence-electron chi connectivity index (χ4n) is 5.35. The lowest BCUT2D eigenvalue weighted by molar-refractivity contribution is 0.162. The molecule has 39 heavy (non-hydrogen) atoms. The molecule has 0 heterocycles. The SMILES string of the molecule is CCCC(C)(Oc1ccc(C)cc1C)POc1c(C(C)C)cc(C)c(C)c1-c1c(C)c(C)cc(C(C)C)c1O. The second kappa shape index (κ2) is 12.3. The highest BCUT2D eigenvalue weighted by molar-refractivity contribution is 7.34. The van der Waals surface area contributed by atoms with Crippen LogP contribution in [0.15, 0.2) is 30.3 Å². The highest BCUT2D eigenvalue weighted by atomic mass is 31.1. The van der Waals surface area contributed by atoms with Crippen LogP contribution < -0.4 is 9.26 Å². The minimum absolute atomic E-state index is 0.0828. The van der Waals surface area contributed by atoms with Gasteiger partial charge in [-0.3, -0.25) is 0 Å². The zero-order valence-corrected chi connectivity index (χ0v) is 27.2. The fourth-order valence-corrected chi connectivity index (χ4v) is 6.39. The number of benzene rings is 3. The monoisotopic (exact) mass is 548 g/mol. The summed E-state index contributed by atoms with van der Waals surface area (Å²) in [6.07, 6.45) is 1.87. The van der Waals surface area contributed by atoms with Gasteiger partial charge in [0.1, 0.15) is 26.1 Å². The van der Waals surface area contributed by atoms with E-state index in [2.05, 4.69) is 113 Å². The number of aromatic hydroxyl groups is 1. The van der Waals surface area contributed by atoms with E-state index in [1.807, 2.05) is 0 Å². The molecule has 0 bridgehead atoms. The van der Waals surface area contributed by atoms with E-state index in [4.69, 9.17) is 9.26 Å². The Morgan fingerprint density at radius 3 is 1.90 bits per heavy atom. The summed E-state index contributed by atoms with van der Waals surface area (Å²) in [6, 6.07) is 10.7. The molecule has 0 aliphatic rings. The minimum atomic E-state index is -0.480. The number of hydrogen-bond acceptors (Lipinski definition) is 3. The first kappa shape index (κ1) is 31.0. The van der Waals surface area contributed by atoms with Gasteiger partial charge in [0, 0.05) is 11.1 Å². The van der Waals surface area contributed by atoms with Crippen molar-refractivity contribution in [3.8, 4) is 28.4 Å². The maximum atomic E-state index is 11.7. The van der Waals surface area contributed by atoms with Crippen molar-refractivity contribution < 1.29 is 14.4 Å². The fraction of sp³-hybridized carbons (Fsp3) is 0.486. The molecule has 0 fully saturated rings. The Balaban J connectivity index is 2.21. The molecule has 3 aromatic carbocycles. The third kappa shape index (κ3) is 6.63. The Bertz CT molecular complexity index is 1340. The van der Waals surface area contributed by atoms with Crippen molar-refractivity contribution in [1.29, 1.82) is 0 Å². The van der Waals surface area contributed by atoms with Crippen LogP contribution >= 0.6 is 8.81 Å². The average Bonchev–Trinajstić information content (AvgIpc) is 2.84. The van der Waals surface area contributed by atoms with Crippen LogP contribution in [0.2, 0.25) is 0 Å². The minimum Gasteiger partial charge on any atom is -0.507 e. The highest BCUT2D eigenvalue weighted by Crippen LogP contribution is 2.51. The van der Waals surface area contributed by atoms with E-state index in [0.717, 1.165) is 63.3 Å². The molecule has 0 spiro atoms. The van der Waals surface area contributed by atoms with Gasteiger partial charge < -0.3 is 14.4 Å². The summed E-state index contributed by atoms with van der Waals surface area (Å²) in [6.45, 7) is 25.8. The summed E-state index contributed by atoms with van der Waals surface area (Å²) < 4.78 is 13.6. The Morgan fingerprint density at radius 1 is 0.795 bits per heavy atom. The molecule has 3 nitrogen and oxygen atoms in total. The van der Waals surface area contributed by atoms with Crippen LogP contribution in [-0.4, -0.2) is 10.4 Å². The van der Waals surface area contributed by atoms with E-state index >= 15 is 0 Å². The predicted molar refractivity (Wildman–Crippen MR) is 169 cm³/mol. The largest absolute Gasteiger partial charge is 0.507 e. The topological polar surface area (TPSA) is 38.7 Å². The smallest absolute Gasteiger partial charge is 0.158 e. The summed E-state index contributed by atoms with van der Waals surface area (Å²) in [5.74, 6) is 2.62. The van der Waals surface area contributed by atoms with Gasteiger partial charge in [-0.05, 0) is 112 Å². The van der Waals surface area contributed by atoms with Crippen LogP contribution in [0, 0.1) is 41.5 Å². The third-order valence-corrected chi connectivity index (χ3v) is 9.02. The van der Waals surface area contributed by atoms with Crippen LogP contribution in [0.1, 0.15) is 111 Å². The van der Waals surface area contributed by atoms with Crippen molar-refractivity contribution in [1.82, 2.24) is 0 Å². The molecule has 212 valence electrons. The molecule has 0 aliphatic carbocycles. The number of hydrogen-bond donors (Lipinski definition) is 1. The predicted octanol–water partition coefficient (Wildman–Crippen LogP) is 10.7. The van der Waals surface area contributed by atoms with Crippen molar-refractivity contribution in [3.63, 3.8) is 0 Å². The number of aryl methyl sites for hydroxylation is 4. The molecule has 2 unspecified atom stereocenters. The van der Waals surface area contributed by atoms with E-state index in [1.54, 1.807) is 0 Å². The Hall–Kier alpha value is -2.51. The van der Waals surface area contributed by atoms with Gasteiger partial charge in [0.15, 0.2) is 5.34 Å². The zero-order chi connectivity index (χ0) is 29.2. The number of ether oxygens (including phenoxy) is 1. The second-order valence-electron chi connectivity index (χ2n) is 12.1. The number of phenolic OH excluding ortho intramolecular Hbond substituents is 1. The molecule has 1 N–H and O–H groups in total. The van der Waals surface area contributed by atoms with Crippen molar-refractivity contribution in [2.75, 3.05) is 0 Å². The molecule has 0 aliphatic heterocycles. The van der Waals surface area contributed by atoms with Crippen molar-refractivity contribution >= 4 is 8.81 Å². The van der Waals surface area contributed by atoms with Crippen LogP contribution in [0.25, 0.3) is 11.1 Å². The second-order valence-corrected chi connectivity index (χ2v) is 13.6. The molecule has 4 heteroatoms. The summed E-state index contributed by atoms with van der Waals surface area (Å²) >= 11 is 0. The molecule has 3 aromatic rings. The quantitative estimate of drug-likeness (QED) is 0.256. The first-order valence-corrected chi connectivity index (χ1v) is 15.3. The first-order chi connectivity index (χ1) is 18.2. The standard InChI is InChI=1S/C35H49O3P/c1-13-16-35(12,37-30-15-14-22(6)17-25(30)9)39-38-34-29(21(4)5)19-24(8)27(11)32(34)31-26(10)23(7)18-28(20(2)3)33(31)36/h14-15,17-21,36,39H,13,16H2,1-12H3. The van der Waals surface area contributed by atoms with E-state index < -0.39 is 5.34 Å². The first-order valence-electron chi connectivity index (χ1n) is 14.4. The Labute approximate surface area is 239 Å². The van der Waals surface area contributed by atoms with Crippen LogP contribution in [0.5, 0.6) is 17.2 Å². The van der Waals surface area contributed by atoms with Gasteiger partial charge in [0.05, 0.1) is 0 Å². The van der Waals surface area contributed by atoms with Gasteiger partial charge in [-0.25, -0.2) is 0 Å². The van der Waals surface area contributed by atoms with Crippen molar-refractivity contribution in [3.05, 3.63) is 74.8 Å². The number of phenols is 1. The molecule has 3 rings (SSSR count). The molecule has 0 saturated heterocycles. The molecular formula is C35H49O3P. The molecule has 0 radical (unpaired) electrons. The van der Waals surface area contributed by atoms with Crippen LogP contribution in [-0.2, 0) is 0 Å². The van der Waals surface area contributed by atoms with E-state index in [1.165, 1.54) is 16.7 Å². The third-order valence-electron chi connectivity index (χ3n) is 7.93. The Morgan fingerprint density at radius 2 is 1.36 bits per heavy atom. The maximum absolute atomic E-state index is 11.7. The summed E-state index contributed by atoms with van der Waals surface area (Å²) in [5, 5.41) is 11.2. The lowest BCUT2D eigenvalue weighted by Gasteiger charge is -2.32. The van der Waals surface area contributed by atoms with Gasteiger partial charge >= 0.3 is 0 Å². The van der Waals surface area contributed by atoms with Crippen LogP contribution in [0.4, 0.5) is 0 Å². The van der Waals surface area contributed by atoms with Crippen molar-refractivity contribution in [2.45, 2.75) is 113 Å². The van der Waals surface area contributed by atoms with E-state index in [0.29, 0.717) is 5.75 Å². The van der Waals surface area contributed by atoms with Gasteiger partial charge in [-0.2, -0.15) is 0 Å². The summed E-state index contributed by atoms with van der Waals surface area (Å²) in [5.41, 5.74) is 11.0. The van der Waals surface area contributed by atoms with Crippen molar-refractivity contribution in [2.24, 2.45) is 0 Å². The molecular weight excluding hydrogens is 499 g/mol. The summed E-state index contributed by atoms with van der Waals surface area (Å²) in [7, 11) is 0.0828. The van der Waals surface area contributed by atoms with Crippen LogP contribution in [0.3, 0.4) is 0 Å². The molecule has 0 saturated carbocycles. The molecule has 2 atom stereocenters. The highest BCUT2D eigenvalue weighted by Gasteiger charge is 2.31. The molecule has 0 amide bonds. The van der Waals surface area contributed by atoms with Gasteiger partial charge in [-0.15, -0.1) is 0 Å². The average molecular weight is 549 g/mol. The van der Waals surface area contributed by atoms with Gasteiger partial charge in [0.25, 0.3) is 0 Å². The normalized spacial score (nSPS) is 13.5. The zero-order valence-electron chi connectivity index (χ0n) is 26.2. The van der Waals surface area contributed by atoms with Gasteiger partial charge in [0.2, 0.25) is 0 Å². The number of rotatable bonds is 10.